The SMILES string of the molecule is CCCCOC(=O)c1cc(C)cc(-c2cc(C(=O)OCCCCCC(O)CO)cc(C(=O)OCCCCC(O)CO)c2)c1. The van der Waals surface area contributed by atoms with Crippen molar-refractivity contribution in [3.05, 3.63) is 58.7 Å². The van der Waals surface area contributed by atoms with Crippen LogP contribution in [-0.2, 0) is 14.2 Å². The lowest BCUT2D eigenvalue weighted by molar-refractivity contribution is 0.0477. The summed E-state index contributed by atoms with van der Waals surface area (Å²) >= 11 is 0. The van der Waals surface area contributed by atoms with Crippen LogP contribution in [0.4, 0.5) is 0 Å². The van der Waals surface area contributed by atoms with Crippen molar-refractivity contribution < 1.29 is 49.0 Å². The van der Waals surface area contributed by atoms with Crippen molar-refractivity contribution in [1.82, 2.24) is 0 Å². The van der Waals surface area contributed by atoms with Crippen molar-refractivity contribution in [2.24, 2.45) is 0 Å². The maximum atomic E-state index is 13.0. The summed E-state index contributed by atoms with van der Waals surface area (Å²) in [6, 6.07) is 9.84. The van der Waals surface area contributed by atoms with Crippen LogP contribution in [0.25, 0.3) is 11.1 Å². The van der Waals surface area contributed by atoms with Crippen molar-refractivity contribution >= 4 is 17.9 Å². The summed E-state index contributed by atoms with van der Waals surface area (Å²) < 4.78 is 16.2. The van der Waals surface area contributed by atoms with Crippen molar-refractivity contribution in [3.8, 4) is 11.1 Å². The van der Waals surface area contributed by atoms with E-state index in [1.807, 2.05) is 19.9 Å². The van der Waals surface area contributed by atoms with Crippen LogP contribution < -0.4 is 0 Å². The molecule has 2 unspecified atom stereocenters. The second kappa shape index (κ2) is 19.8. The highest BCUT2D eigenvalue weighted by Gasteiger charge is 2.18. The van der Waals surface area contributed by atoms with Crippen molar-refractivity contribution in [2.75, 3.05) is 33.0 Å². The van der Waals surface area contributed by atoms with E-state index in [0.29, 0.717) is 68.2 Å². The third-order valence-corrected chi connectivity index (χ3v) is 6.78. The number of ether oxygens (including phenoxy) is 3. The van der Waals surface area contributed by atoms with Crippen LogP contribution in [0.5, 0.6) is 0 Å². The molecule has 0 spiro atoms. The van der Waals surface area contributed by atoms with Gasteiger partial charge < -0.3 is 34.6 Å². The van der Waals surface area contributed by atoms with E-state index < -0.39 is 30.1 Å². The fourth-order valence-corrected chi connectivity index (χ4v) is 4.31. The van der Waals surface area contributed by atoms with Crippen molar-refractivity contribution in [2.45, 2.75) is 83.8 Å². The van der Waals surface area contributed by atoms with Crippen molar-refractivity contribution in [1.29, 1.82) is 0 Å². The maximum Gasteiger partial charge on any atom is 0.338 e. The minimum atomic E-state index is -0.809. The zero-order valence-electron chi connectivity index (χ0n) is 25.3. The lowest BCUT2D eigenvalue weighted by Gasteiger charge is -2.13. The molecule has 0 saturated heterocycles. The first kappa shape index (κ1) is 35.9. The summed E-state index contributed by atoms with van der Waals surface area (Å²) in [7, 11) is 0. The van der Waals surface area contributed by atoms with Crippen LogP contribution in [-0.4, -0.2) is 83.6 Å². The number of aliphatic hydroxyl groups excluding tert-OH is 4. The van der Waals surface area contributed by atoms with Gasteiger partial charge in [-0.15, -0.1) is 0 Å². The van der Waals surface area contributed by atoms with E-state index in [9.17, 15) is 24.6 Å². The Morgan fingerprint density at radius 3 is 1.51 bits per heavy atom. The molecule has 0 radical (unpaired) electrons. The van der Waals surface area contributed by atoms with Gasteiger partial charge in [0.25, 0.3) is 0 Å². The quantitative estimate of drug-likeness (QED) is 0.0974. The molecule has 238 valence electrons. The summed E-state index contributed by atoms with van der Waals surface area (Å²) in [4.78, 5) is 38.6. The van der Waals surface area contributed by atoms with E-state index in [4.69, 9.17) is 24.4 Å². The highest BCUT2D eigenvalue weighted by molar-refractivity contribution is 5.98. The van der Waals surface area contributed by atoms with Gasteiger partial charge in [0.15, 0.2) is 0 Å². The molecule has 2 atom stereocenters. The average molecular weight is 603 g/mol. The lowest BCUT2D eigenvalue weighted by Crippen LogP contribution is -2.13. The number of benzene rings is 2. The molecule has 0 aliphatic rings. The largest absolute Gasteiger partial charge is 0.462 e. The van der Waals surface area contributed by atoms with Crippen LogP contribution in [0.1, 0.15) is 101 Å². The van der Waals surface area contributed by atoms with Crippen LogP contribution in [0, 0.1) is 6.92 Å². The van der Waals surface area contributed by atoms with Gasteiger partial charge in [0.2, 0.25) is 0 Å². The number of hydrogen-bond acceptors (Lipinski definition) is 10. The first-order chi connectivity index (χ1) is 20.7. The topological polar surface area (TPSA) is 160 Å². The second-order valence-electron chi connectivity index (χ2n) is 10.7. The Bertz CT molecular complexity index is 1160. The number of aryl methyl sites for hydroxylation is 1. The third kappa shape index (κ3) is 13.3. The van der Waals surface area contributed by atoms with E-state index in [2.05, 4.69) is 0 Å². The molecule has 10 nitrogen and oxygen atoms in total. The van der Waals surface area contributed by atoms with Gasteiger partial charge in [-0.05, 0) is 98.9 Å². The molecule has 2 aromatic rings. The van der Waals surface area contributed by atoms with Crippen LogP contribution in [0.3, 0.4) is 0 Å². The first-order valence-corrected chi connectivity index (χ1v) is 15.0. The Morgan fingerprint density at radius 1 is 0.605 bits per heavy atom. The monoisotopic (exact) mass is 602 g/mol. The van der Waals surface area contributed by atoms with Gasteiger partial charge in [-0.2, -0.15) is 0 Å². The Hall–Kier alpha value is -3.31. The standard InChI is InChI=1S/C33H46O10/c1-3-4-12-41-31(38)26-16-23(2)15-24(17-26)25-18-27(32(39)42-13-8-5-6-10-29(36)21-34)20-28(19-25)33(40)43-14-9-7-11-30(37)22-35/h15-20,29-30,34-37H,3-14,21-22H2,1-2H3. The number of carbonyl (C=O) groups excluding carboxylic acids is 3. The molecule has 0 aliphatic carbocycles. The van der Waals surface area contributed by atoms with Crippen molar-refractivity contribution in [3.63, 3.8) is 0 Å². The zero-order chi connectivity index (χ0) is 31.6. The van der Waals surface area contributed by atoms with E-state index in [0.717, 1.165) is 18.4 Å². The molecule has 0 saturated carbocycles. The number of carbonyl (C=O) groups is 3. The first-order valence-electron chi connectivity index (χ1n) is 15.0. The van der Waals surface area contributed by atoms with Crippen LogP contribution >= 0.6 is 0 Å². The summed E-state index contributed by atoms with van der Waals surface area (Å²) in [5, 5.41) is 36.8. The lowest BCUT2D eigenvalue weighted by atomic mass is 9.96. The Labute approximate surface area is 253 Å². The molecule has 2 aromatic carbocycles. The van der Waals surface area contributed by atoms with Gasteiger partial charge in [0.05, 0.1) is 61.9 Å². The molecular weight excluding hydrogens is 556 g/mol. The highest BCUT2D eigenvalue weighted by Crippen LogP contribution is 2.27. The van der Waals surface area contributed by atoms with Gasteiger partial charge in [-0.1, -0.05) is 25.8 Å². The summed E-state index contributed by atoms with van der Waals surface area (Å²) in [5.41, 5.74) is 2.60. The maximum absolute atomic E-state index is 13.0. The molecule has 0 bridgehead atoms. The molecule has 0 aliphatic heterocycles. The van der Waals surface area contributed by atoms with Gasteiger partial charge in [0.1, 0.15) is 0 Å². The highest BCUT2D eigenvalue weighted by atomic mass is 16.5. The zero-order valence-corrected chi connectivity index (χ0v) is 25.3. The number of hydrogen-bond donors (Lipinski definition) is 4. The molecule has 0 fully saturated rings. The van der Waals surface area contributed by atoms with Gasteiger partial charge in [0, 0.05) is 0 Å². The number of rotatable bonds is 20. The predicted molar refractivity (Wildman–Crippen MR) is 161 cm³/mol. The molecule has 43 heavy (non-hydrogen) atoms. The third-order valence-electron chi connectivity index (χ3n) is 6.78. The van der Waals surface area contributed by atoms with E-state index in [-0.39, 0.29) is 37.6 Å². The number of unbranched alkanes of at least 4 members (excludes halogenated alkanes) is 4. The number of aliphatic hydroxyl groups is 4. The fourth-order valence-electron chi connectivity index (χ4n) is 4.31. The summed E-state index contributed by atoms with van der Waals surface area (Å²) in [5.74, 6) is -1.70. The molecule has 0 amide bonds. The van der Waals surface area contributed by atoms with E-state index in [1.54, 1.807) is 24.3 Å². The van der Waals surface area contributed by atoms with Gasteiger partial charge in [-0.3, -0.25) is 0 Å². The molecule has 4 N–H and O–H groups in total. The molecule has 0 heterocycles. The molecule has 2 rings (SSSR count). The van der Waals surface area contributed by atoms with Crippen LogP contribution in [0.15, 0.2) is 36.4 Å². The molecule has 10 heteroatoms. The number of esters is 3. The van der Waals surface area contributed by atoms with Crippen LogP contribution in [0.2, 0.25) is 0 Å². The summed E-state index contributed by atoms with van der Waals surface area (Å²) in [6.45, 7) is 3.80. The minimum absolute atomic E-state index is 0.101. The van der Waals surface area contributed by atoms with Gasteiger partial charge >= 0.3 is 17.9 Å². The summed E-state index contributed by atoms with van der Waals surface area (Å²) in [6.07, 6.45) is 3.95. The normalized spacial score (nSPS) is 12.4. The average Bonchev–Trinajstić information content (AvgIpc) is 3.01. The molecular formula is C33H46O10. The second-order valence-corrected chi connectivity index (χ2v) is 10.7. The Kier molecular flexibility index (Phi) is 16.5. The Morgan fingerprint density at radius 2 is 1.02 bits per heavy atom. The smallest absolute Gasteiger partial charge is 0.338 e. The van der Waals surface area contributed by atoms with E-state index in [1.165, 1.54) is 6.07 Å². The van der Waals surface area contributed by atoms with E-state index >= 15 is 0 Å². The van der Waals surface area contributed by atoms with Gasteiger partial charge in [-0.25, -0.2) is 14.4 Å². The fraction of sp³-hybridized carbons (Fsp3) is 0.545. The minimum Gasteiger partial charge on any atom is -0.462 e. The predicted octanol–water partition coefficient (Wildman–Crippen LogP) is 4.37. The Balaban J connectivity index is 2.23. The molecule has 0 aromatic heterocycles.